The Balaban J connectivity index is 2.06. The van der Waals surface area contributed by atoms with Crippen molar-refractivity contribution >= 4 is 27.5 Å². The van der Waals surface area contributed by atoms with Gasteiger partial charge in [-0.3, -0.25) is 0 Å². The Kier molecular flexibility index (Phi) is 6.75. The molecule has 124 valence electrons. The molecule has 0 bridgehead atoms. The van der Waals surface area contributed by atoms with E-state index in [1.807, 2.05) is 50.2 Å². The molecule has 2 rings (SSSR count). The summed E-state index contributed by atoms with van der Waals surface area (Å²) in [6.07, 6.45) is 0.0874. The van der Waals surface area contributed by atoms with Crippen molar-refractivity contribution in [3.63, 3.8) is 0 Å². The van der Waals surface area contributed by atoms with E-state index in [-0.39, 0.29) is 6.10 Å². The van der Waals surface area contributed by atoms with Crippen molar-refractivity contribution in [3.05, 3.63) is 57.0 Å². The van der Waals surface area contributed by atoms with Crippen molar-refractivity contribution in [1.29, 1.82) is 0 Å². The molecule has 0 aliphatic rings. The third-order valence-corrected chi connectivity index (χ3v) is 4.20. The van der Waals surface area contributed by atoms with Gasteiger partial charge in [0.1, 0.15) is 0 Å². The van der Waals surface area contributed by atoms with Gasteiger partial charge in [0.15, 0.2) is 11.5 Å². The zero-order chi connectivity index (χ0) is 16.8. The van der Waals surface area contributed by atoms with Gasteiger partial charge < -0.3 is 14.8 Å². The van der Waals surface area contributed by atoms with Crippen LogP contribution < -0.4 is 14.8 Å². The maximum absolute atomic E-state index is 6.16. The lowest BCUT2D eigenvalue weighted by Crippen LogP contribution is -2.13. The number of ether oxygens (including phenoxy) is 2. The summed E-state index contributed by atoms with van der Waals surface area (Å²) in [7, 11) is 1.65. The highest BCUT2D eigenvalue weighted by molar-refractivity contribution is 9.10. The highest BCUT2D eigenvalue weighted by atomic mass is 79.9. The third kappa shape index (κ3) is 5.13. The number of hydrogen-bond acceptors (Lipinski definition) is 3. The summed E-state index contributed by atoms with van der Waals surface area (Å²) in [5.74, 6) is 1.46. The van der Waals surface area contributed by atoms with Gasteiger partial charge in [0.05, 0.1) is 17.7 Å². The number of methoxy groups -OCH3 is 1. The second-order valence-corrected chi connectivity index (χ2v) is 6.73. The van der Waals surface area contributed by atoms with E-state index >= 15 is 0 Å². The van der Waals surface area contributed by atoms with E-state index in [0.717, 1.165) is 32.1 Å². The van der Waals surface area contributed by atoms with Crippen molar-refractivity contribution in [2.24, 2.45) is 0 Å². The standard InChI is InChI=1S/C18H21BrClNO2/c1-12(2)23-18-15(19)8-13(9-17(18)22-3)10-21-11-14-6-4-5-7-16(14)20/h4-9,12,21H,10-11H2,1-3H3. The van der Waals surface area contributed by atoms with E-state index in [9.17, 15) is 0 Å². The zero-order valence-corrected chi connectivity index (χ0v) is 15.9. The molecule has 5 heteroatoms. The Labute approximate surface area is 151 Å². The van der Waals surface area contributed by atoms with Gasteiger partial charge in [0, 0.05) is 18.1 Å². The van der Waals surface area contributed by atoms with Gasteiger partial charge in [-0.2, -0.15) is 0 Å². The fraction of sp³-hybridized carbons (Fsp3) is 0.333. The Hall–Kier alpha value is -1.23. The van der Waals surface area contributed by atoms with E-state index in [0.29, 0.717) is 13.1 Å². The first kappa shape index (κ1) is 18.1. The predicted octanol–water partition coefficient (Wildman–Crippen LogP) is 5.19. The van der Waals surface area contributed by atoms with Crippen LogP contribution in [0.3, 0.4) is 0 Å². The van der Waals surface area contributed by atoms with Crippen LogP contribution in [0.15, 0.2) is 40.9 Å². The Morgan fingerprint density at radius 2 is 1.91 bits per heavy atom. The molecule has 3 nitrogen and oxygen atoms in total. The molecule has 0 saturated carbocycles. The summed E-state index contributed by atoms with van der Waals surface area (Å²) in [6, 6.07) is 11.9. The Bertz CT molecular complexity index is 661. The smallest absolute Gasteiger partial charge is 0.175 e. The predicted molar refractivity (Wildman–Crippen MR) is 98.5 cm³/mol. The van der Waals surface area contributed by atoms with Crippen LogP contribution >= 0.6 is 27.5 Å². The number of benzene rings is 2. The first-order valence-corrected chi connectivity index (χ1v) is 8.65. The highest BCUT2D eigenvalue weighted by Crippen LogP contribution is 2.37. The summed E-state index contributed by atoms with van der Waals surface area (Å²) < 4.78 is 12.1. The molecule has 0 radical (unpaired) electrons. The number of halogens is 2. The molecule has 0 saturated heterocycles. The molecule has 23 heavy (non-hydrogen) atoms. The minimum atomic E-state index is 0.0874. The van der Waals surface area contributed by atoms with Crippen molar-refractivity contribution in [1.82, 2.24) is 5.32 Å². The molecule has 0 spiro atoms. The molecular weight excluding hydrogens is 378 g/mol. The third-order valence-electron chi connectivity index (χ3n) is 3.25. The van der Waals surface area contributed by atoms with Gasteiger partial charge in [-0.25, -0.2) is 0 Å². The summed E-state index contributed by atoms with van der Waals surface area (Å²) in [4.78, 5) is 0. The molecule has 2 aromatic carbocycles. The number of hydrogen-bond donors (Lipinski definition) is 1. The van der Waals surface area contributed by atoms with E-state index in [1.54, 1.807) is 7.11 Å². The van der Waals surface area contributed by atoms with Crippen LogP contribution in [-0.2, 0) is 13.1 Å². The molecule has 1 N–H and O–H groups in total. The van der Waals surface area contributed by atoms with Crippen LogP contribution in [0, 0.1) is 0 Å². The summed E-state index contributed by atoms with van der Waals surface area (Å²) in [5.41, 5.74) is 2.19. The second-order valence-electron chi connectivity index (χ2n) is 5.47. The van der Waals surface area contributed by atoms with Crippen LogP contribution in [0.5, 0.6) is 11.5 Å². The lowest BCUT2D eigenvalue weighted by atomic mass is 10.2. The zero-order valence-electron chi connectivity index (χ0n) is 13.5. The lowest BCUT2D eigenvalue weighted by Gasteiger charge is -2.17. The van der Waals surface area contributed by atoms with E-state index in [2.05, 4.69) is 21.2 Å². The van der Waals surface area contributed by atoms with Crippen LogP contribution in [0.25, 0.3) is 0 Å². The van der Waals surface area contributed by atoms with Gasteiger partial charge in [0.2, 0.25) is 0 Å². The van der Waals surface area contributed by atoms with Crippen LogP contribution in [-0.4, -0.2) is 13.2 Å². The molecule has 2 aromatic rings. The van der Waals surface area contributed by atoms with E-state index < -0.39 is 0 Å². The SMILES string of the molecule is COc1cc(CNCc2ccccc2Cl)cc(Br)c1OC(C)C. The average molecular weight is 399 g/mol. The maximum Gasteiger partial charge on any atom is 0.175 e. The molecule has 0 heterocycles. The van der Waals surface area contributed by atoms with E-state index in [4.69, 9.17) is 21.1 Å². The quantitative estimate of drug-likeness (QED) is 0.696. The van der Waals surface area contributed by atoms with Crippen molar-refractivity contribution < 1.29 is 9.47 Å². The minimum absolute atomic E-state index is 0.0874. The summed E-state index contributed by atoms with van der Waals surface area (Å²) >= 11 is 9.73. The fourth-order valence-corrected chi connectivity index (χ4v) is 2.99. The summed E-state index contributed by atoms with van der Waals surface area (Å²) in [5, 5.41) is 4.17. The van der Waals surface area contributed by atoms with Crippen LogP contribution in [0.1, 0.15) is 25.0 Å². The molecule has 0 aliphatic heterocycles. The Morgan fingerprint density at radius 3 is 2.57 bits per heavy atom. The molecule has 0 atom stereocenters. The van der Waals surface area contributed by atoms with Gasteiger partial charge in [-0.05, 0) is 59.1 Å². The van der Waals surface area contributed by atoms with Crippen LogP contribution in [0.2, 0.25) is 5.02 Å². The highest BCUT2D eigenvalue weighted by Gasteiger charge is 2.13. The molecule has 0 amide bonds. The van der Waals surface area contributed by atoms with Gasteiger partial charge in [0.25, 0.3) is 0 Å². The van der Waals surface area contributed by atoms with Gasteiger partial charge in [-0.15, -0.1) is 0 Å². The summed E-state index contributed by atoms with van der Waals surface area (Å²) in [6.45, 7) is 5.40. The molecular formula is C18H21BrClNO2. The monoisotopic (exact) mass is 397 g/mol. The first-order valence-electron chi connectivity index (χ1n) is 7.48. The van der Waals surface area contributed by atoms with Crippen LogP contribution in [0.4, 0.5) is 0 Å². The minimum Gasteiger partial charge on any atom is -0.493 e. The molecule has 0 fully saturated rings. The van der Waals surface area contributed by atoms with Crippen molar-refractivity contribution in [3.8, 4) is 11.5 Å². The fourth-order valence-electron chi connectivity index (χ4n) is 2.21. The van der Waals surface area contributed by atoms with E-state index in [1.165, 1.54) is 0 Å². The second kappa shape index (κ2) is 8.57. The molecule has 0 aliphatic carbocycles. The first-order chi connectivity index (χ1) is 11.0. The number of nitrogens with one attached hydrogen (secondary N) is 1. The largest absolute Gasteiger partial charge is 0.493 e. The Morgan fingerprint density at radius 1 is 1.17 bits per heavy atom. The molecule has 0 aromatic heterocycles. The normalized spacial score (nSPS) is 10.9. The number of rotatable bonds is 7. The lowest BCUT2D eigenvalue weighted by molar-refractivity contribution is 0.228. The van der Waals surface area contributed by atoms with Gasteiger partial charge >= 0.3 is 0 Å². The van der Waals surface area contributed by atoms with Gasteiger partial charge in [-0.1, -0.05) is 29.8 Å². The maximum atomic E-state index is 6.16. The topological polar surface area (TPSA) is 30.5 Å². The van der Waals surface area contributed by atoms with Crippen molar-refractivity contribution in [2.45, 2.75) is 33.0 Å². The average Bonchev–Trinajstić information content (AvgIpc) is 2.51. The molecule has 0 unspecified atom stereocenters. The van der Waals surface area contributed by atoms with Crippen molar-refractivity contribution in [2.75, 3.05) is 7.11 Å².